The van der Waals surface area contributed by atoms with Gasteiger partial charge in [0, 0.05) is 5.41 Å². The van der Waals surface area contributed by atoms with Crippen molar-refractivity contribution in [3.63, 3.8) is 0 Å². The Bertz CT molecular complexity index is 484. The van der Waals surface area contributed by atoms with Gasteiger partial charge in [-0.25, -0.2) is 0 Å². The second-order valence-corrected chi connectivity index (χ2v) is 9.98. The van der Waals surface area contributed by atoms with Gasteiger partial charge in [0.1, 0.15) is 0 Å². The van der Waals surface area contributed by atoms with Crippen molar-refractivity contribution in [3.05, 3.63) is 12.7 Å². The lowest BCUT2D eigenvalue weighted by Crippen LogP contribution is -2.31. The fourth-order valence-electron chi connectivity index (χ4n) is 7.68. The van der Waals surface area contributed by atoms with Gasteiger partial charge in [0.15, 0.2) is 0 Å². The highest BCUT2D eigenvalue weighted by Gasteiger charge is 2.78. The molecule has 136 valence electrons. The van der Waals surface area contributed by atoms with Crippen LogP contribution in [0.3, 0.4) is 0 Å². The Hall–Kier alpha value is -0.300. The summed E-state index contributed by atoms with van der Waals surface area (Å²) in [6.07, 6.45) is 17.3. The molecule has 0 radical (unpaired) electrons. The average molecular weight is 331 g/mol. The first-order valence-corrected chi connectivity index (χ1v) is 10.9. The lowest BCUT2D eigenvalue weighted by molar-refractivity contribution is 0.0330. The minimum absolute atomic E-state index is 0.0527. The number of aliphatic hydroxyl groups excluding tert-OH is 1. The molecule has 0 saturated heterocycles. The fraction of sp³-hybridized carbons (Fsp3) is 0.913. The summed E-state index contributed by atoms with van der Waals surface area (Å²) in [6.45, 7) is 8.70. The first-order valence-electron chi connectivity index (χ1n) is 10.9. The first kappa shape index (κ1) is 17.1. The molecular formula is C23H38O. The molecule has 0 aliphatic heterocycles. The van der Waals surface area contributed by atoms with Crippen LogP contribution in [0.25, 0.3) is 0 Å². The number of hydrogen-bond donors (Lipinski definition) is 1. The van der Waals surface area contributed by atoms with Crippen LogP contribution < -0.4 is 0 Å². The normalized spacial score (nSPS) is 52.3. The van der Waals surface area contributed by atoms with Crippen LogP contribution >= 0.6 is 0 Å². The minimum Gasteiger partial charge on any atom is -0.393 e. The highest BCUT2D eigenvalue weighted by atomic mass is 16.3. The Morgan fingerprint density at radius 2 is 1.88 bits per heavy atom. The lowest BCUT2D eigenvalue weighted by Gasteiger charge is -2.32. The van der Waals surface area contributed by atoms with E-state index >= 15 is 0 Å². The van der Waals surface area contributed by atoms with E-state index in [4.69, 9.17) is 0 Å². The monoisotopic (exact) mass is 330 g/mol. The number of aliphatic hydroxyl groups is 1. The van der Waals surface area contributed by atoms with Crippen LogP contribution in [-0.2, 0) is 0 Å². The summed E-state index contributed by atoms with van der Waals surface area (Å²) in [5, 5.41) is 10.6. The summed E-state index contributed by atoms with van der Waals surface area (Å²) in [6, 6.07) is 0. The van der Waals surface area contributed by atoms with Gasteiger partial charge in [-0.3, -0.25) is 0 Å². The molecule has 4 aliphatic carbocycles. The number of allylic oxidation sites excluding steroid dienone is 1. The first-order chi connectivity index (χ1) is 11.6. The zero-order valence-electron chi connectivity index (χ0n) is 16.0. The quantitative estimate of drug-likeness (QED) is 0.570. The average Bonchev–Trinajstić information content (AvgIpc) is 3.35. The third kappa shape index (κ3) is 2.44. The third-order valence-electron chi connectivity index (χ3n) is 9.04. The van der Waals surface area contributed by atoms with E-state index in [0.717, 1.165) is 42.4 Å². The summed E-state index contributed by atoms with van der Waals surface area (Å²) < 4.78 is 0. The Labute approximate surface area is 149 Å². The van der Waals surface area contributed by atoms with Crippen molar-refractivity contribution in [2.24, 2.45) is 40.4 Å². The smallest absolute Gasteiger partial charge is 0.0599 e. The van der Waals surface area contributed by atoms with Crippen LogP contribution in [0.15, 0.2) is 12.7 Å². The van der Waals surface area contributed by atoms with Crippen molar-refractivity contribution >= 4 is 0 Å². The van der Waals surface area contributed by atoms with E-state index in [-0.39, 0.29) is 11.5 Å². The molecule has 4 aliphatic rings. The van der Waals surface area contributed by atoms with E-state index in [9.17, 15) is 5.11 Å². The fourth-order valence-corrected chi connectivity index (χ4v) is 7.68. The van der Waals surface area contributed by atoms with Crippen molar-refractivity contribution in [2.75, 3.05) is 0 Å². The van der Waals surface area contributed by atoms with E-state index in [1.54, 1.807) is 0 Å². The van der Waals surface area contributed by atoms with Gasteiger partial charge in [-0.05, 0) is 73.5 Å². The van der Waals surface area contributed by atoms with Gasteiger partial charge in [0.2, 0.25) is 0 Å². The maximum absolute atomic E-state index is 10.6. The standard InChI is InChI=1S/C23H38O/c1-4-7-16-9-6-10-17(16)11-12-18-15-23(18)14-13-20(24)22(3)19(8-5-2)21(22)23/h5,16-21,24H,2,4,6-15H2,1,3H3. The molecule has 0 aromatic carbocycles. The molecule has 1 nitrogen and oxygen atoms in total. The molecule has 0 amide bonds. The van der Waals surface area contributed by atoms with E-state index in [1.165, 1.54) is 57.8 Å². The maximum Gasteiger partial charge on any atom is 0.0599 e. The Kier molecular flexibility index (Phi) is 4.39. The highest BCUT2D eigenvalue weighted by Crippen LogP contribution is 2.82. The topological polar surface area (TPSA) is 20.2 Å². The molecule has 8 unspecified atom stereocenters. The van der Waals surface area contributed by atoms with Crippen molar-refractivity contribution in [3.8, 4) is 0 Å². The summed E-state index contributed by atoms with van der Waals surface area (Å²) in [4.78, 5) is 0. The van der Waals surface area contributed by atoms with Crippen LogP contribution in [0.5, 0.6) is 0 Å². The molecule has 4 fully saturated rings. The van der Waals surface area contributed by atoms with E-state index in [1.807, 2.05) is 0 Å². The zero-order chi connectivity index (χ0) is 16.9. The van der Waals surface area contributed by atoms with Gasteiger partial charge in [0.25, 0.3) is 0 Å². The molecule has 1 spiro atoms. The molecule has 1 heteroatoms. The van der Waals surface area contributed by atoms with Gasteiger partial charge in [-0.2, -0.15) is 0 Å². The van der Waals surface area contributed by atoms with Crippen molar-refractivity contribution in [1.29, 1.82) is 0 Å². The largest absolute Gasteiger partial charge is 0.393 e. The van der Waals surface area contributed by atoms with Crippen LogP contribution in [0.4, 0.5) is 0 Å². The Morgan fingerprint density at radius 3 is 2.58 bits per heavy atom. The molecule has 8 atom stereocenters. The second-order valence-electron chi connectivity index (χ2n) is 9.98. The summed E-state index contributed by atoms with van der Waals surface area (Å²) in [5.41, 5.74) is 0.847. The summed E-state index contributed by atoms with van der Waals surface area (Å²) >= 11 is 0. The molecule has 0 aromatic rings. The molecule has 0 bridgehead atoms. The molecular weight excluding hydrogens is 292 g/mol. The van der Waals surface area contributed by atoms with E-state index in [0.29, 0.717) is 5.41 Å². The summed E-state index contributed by atoms with van der Waals surface area (Å²) in [7, 11) is 0. The highest BCUT2D eigenvalue weighted by molar-refractivity contribution is 5.27. The predicted octanol–water partition coefficient (Wildman–Crippen LogP) is 5.97. The van der Waals surface area contributed by atoms with Crippen LogP contribution in [0, 0.1) is 40.4 Å². The van der Waals surface area contributed by atoms with Gasteiger partial charge < -0.3 is 5.11 Å². The van der Waals surface area contributed by atoms with Crippen molar-refractivity contribution < 1.29 is 5.11 Å². The van der Waals surface area contributed by atoms with Crippen molar-refractivity contribution in [1.82, 2.24) is 0 Å². The maximum atomic E-state index is 10.6. The molecule has 1 N–H and O–H groups in total. The van der Waals surface area contributed by atoms with Gasteiger partial charge in [-0.15, -0.1) is 6.58 Å². The van der Waals surface area contributed by atoms with Gasteiger partial charge >= 0.3 is 0 Å². The summed E-state index contributed by atoms with van der Waals surface area (Å²) in [5.74, 6) is 4.57. The zero-order valence-corrected chi connectivity index (χ0v) is 16.0. The van der Waals surface area contributed by atoms with Crippen LogP contribution in [0.2, 0.25) is 0 Å². The predicted molar refractivity (Wildman–Crippen MR) is 101 cm³/mol. The molecule has 4 saturated carbocycles. The Balaban J connectivity index is 1.36. The SMILES string of the molecule is C=CCC1C2C3(CCC(O)C12C)CC3CCC1CCCC1CCC. The molecule has 0 aromatic heterocycles. The Morgan fingerprint density at radius 1 is 1.12 bits per heavy atom. The van der Waals surface area contributed by atoms with E-state index < -0.39 is 0 Å². The molecule has 4 rings (SSSR count). The van der Waals surface area contributed by atoms with E-state index in [2.05, 4.69) is 26.5 Å². The minimum atomic E-state index is -0.0527. The lowest BCUT2D eigenvalue weighted by atomic mass is 9.76. The second kappa shape index (κ2) is 6.15. The van der Waals surface area contributed by atoms with Crippen molar-refractivity contribution in [2.45, 2.75) is 90.6 Å². The van der Waals surface area contributed by atoms with Crippen LogP contribution in [-0.4, -0.2) is 11.2 Å². The third-order valence-corrected chi connectivity index (χ3v) is 9.04. The van der Waals surface area contributed by atoms with Gasteiger partial charge in [0.05, 0.1) is 6.10 Å². The number of fused-ring (bicyclic) bond motifs is 2. The molecule has 24 heavy (non-hydrogen) atoms. The van der Waals surface area contributed by atoms with Gasteiger partial charge in [-0.1, -0.05) is 52.0 Å². The molecule has 0 heterocycles. The van der Waals surface area contributed by atoms with Crippen LogP contribution in [0.1, 0.15) is 84.5 Å². The number of rotatable bonds is 7. The number of hydrogen-bond acceptors (Lipinski definition) is 1.